The number of allylic oxidation sites excluding steroid dienone is 12. The van der Waals surface area contributed by atoms with Gasteiger partial charge in [0.05, 0.1) is 0 Å². The zero-order valence-corrected chi connectivity index (χ0v) is 50.5. The van der Waals surface area contributed by atoms with Gasteiger partial charge in [-0.1, -0.05) is 340 Å². The van der Waals surface area contributed by atoms with Gasteiger partial charge in [0.1, 0.15) is 0 Å². The number of carbonyl (C=O) groups is 2. The van der Waals surface area contributed by atoms with Crippen LogP contribution in [0.15, 0.2) is 340 Å². The van der Waals surface area contributed by atoms with Crippen LogP contribution in [0.4, 0.5) is 0 Å². The van der Waals surface area contributed by atoms with Crippen molar-refractivity contribution in [3.63, 3.8) is 0 Å². The highest BCUT2D eigenvalue weighted by Crippen LogP contribution is 2.52. The van der Waals surface area contributed by atoms with Gasteiger partial charge >= 0.3 is 0 Å². The van der Waals surface area contributed by atoms with E-state index < -0.39 is 0 Å². The highest BCUT2D eigenvalue weighted by Gasteiger charge is 2.37. The number of hydrogen-bond donors (Lipinski definition) is 0. The molecule has 12 aromatic carbocycles. The molecule has 12 bridgehead atoms. The number of hydrogen-bond acceptors (Lipinski definition) is 2. The van der Waals surface area contributed by atoms with Crippen LogP contribution in [0.1, 0.15) is 89.0 Å². The van der Waals surface area contributed by atoms with E-state index in [-0.39, 0.29) is 11.6 Å². The molecule has 0 atom stereocenters. The number of benzene rings is 12. The maximum absolute atomic E-state index is 15.9. The van der Waals surface area contributed by atoms with E-state index in [1.807, 2.05) is 48.5 Å². The highest BCUT2D eigenvalue weighted by atomic mass is 16.1. The van der Waals surface area contributed by atoms with Crippen LogP contribution in [0.2, 0.25) is 0 Å². The lowest BCUT2D eigenvalue weighted by Crippen LogP contribution is -2.02. The van der Waals surface area contributed by atoms with Crippen LogP contribution in [-0.4, -0.2) is 11.6 Å². The summed E-state index contributed by atoms with van der Waals surface area (Å²) in [5, 5.41) is 0. The van der Waals surface area contributed by atoms with Crippen molar-refractivity contribution in [2.24, 2.45) is 0 Å². The van der Waals surface area contributed by atoms with E-state index in [0.29, 0.717) is 22.3 Å². The summed E-state index contributed by atoms with van der Waals surface area (Å²) < 4.78 is 0. The molecule has 0 heterocycles. The molecule has 92 heavy (non-hydrogen) atoms. The fourth-order valence-corrected chi connectivity index (χ4v) is 13.3. The van der Waals surface area contributed by atoms with Gasteiger partial charge < -0.3 is 0 Å². The predicted octanol–water partition coefficient (Wildman–Crippen LogP) is 21.8. The number of Topliss-reactive ketones (excluding diaryl/α,β-unsaturated/α-hetero) is 2. The van der Waals surface area contributed by atoms with Crippen LogP contribution in [-0.2, 0) is 9.59 Å². The van der Waals surface area contributed by atoms with Crippen molar-refractivity contribution in [2.45, 2.75) is 0 Å². The Kier molecular flexibility index (Phi) is 15.4. The van der Waals surface area contributed by atoms with Gasteiger partial charge in [0, 0.05) is 44.6 Å². The normalized spacial score (nSPS) is 16.5. The fourth-order valence-electron chi connectivity index (χ4n) is 13.3. The van der Waals surface area contributed by atoms with Crippen LogP contribution in [0.3, 0.4) is 0 Å². The van der Waals surface area contributed by atoms with Crippen LogP contribution < -0.4 is 0 Å². The predicted molar refractivity (Wildman–Crippen MR) is 386 cm³/mol. The third-order valence-electron chi connectivity index (χ3n) is 17.6. The third-order valence-corrected chi connectivity index (χ3v) is 17.6. The Labute approximate surface area is 537 Å². The molecule has 0 radical (unpaired) electrons. The monoisotopic (exact) mass is 1170 g/mol. The highest BCUT2D eigenvalue weighted by molar-refractivity contribution is 6.60. The summed E-state index contributed by atoms with van der Waals surface area (Å²) in [5.41, 5.74) is 25.7. The summed E-state index contributed by atoms with van der Waals surface area (Å²) in [5.74, 6) is -0.0517. The maximum Gasteiger partial charge on any atom is 0.195 e. The smallest absolute Gasteiger partial charge is 0.195 e. The van der Waals surface area contributed by atoms with Crippen molar-refractivity contribution in [3.05, 3.63) is 429 Å². The van der Waals surface area contributed by atoms with E-state index in [0.717, 1.165) is 134 Å². The molecular formula is C90H60O2. The number of ketones is 2. The lowest BCUT2D eigenvalue weighted by molar-refractivity contribution is -0.109. The summed E-state index contributed by atoms with van der Waals surface area (Å²) in [7, 11) is 0. The summed E-state index contributed by atoms with van der Waals surface area (Å²) in [6, 6.07) is 118. The SMILES string of the molecule is O=C1C2=C(c3ccccc3)C(c3ccccc3)=C1c1ccc(cc1)/C=C(c1ccccc1)\C(c1ccccc1)=C/c1ccc(cc1)C1=C(c3ccccc3)C(c3ccccc3)=C(C1=O)c1ccc(cc1)/C=C(c1ccccc1)\C(c1ccccc1)=C/c1ccc2cc1. The van der Waals surface area contributed by atoms with Crippen molar-refractivity contribution in [2.75, 3.05) is 0 Å². The van der Waals surface area contributed by atoms with Crippen molar-refractivity contribution in [1.29, 1.82) is 0 Å². The molecule has 0 fully saturated rings. The van der Waals surface area contributed by atoms with E-state index in [4.69, 9.17) is 0 Å². The molecule has 0 unspecified atom stereocenters. The van der Waals surface area contributed by atoms with E-state index in [2.05, 4.69) is 315 Å². The molecule has 12 aromatic rings. The zero-order chi connectivity index (χ0) is 61.7. The Morgan fingerprint density at radius 3 is 0.435 bits per heavy atom. The molecule has 0 spiro atoms. The van der Waals surface area contributed by atoms with Crippen LogP contribution >= 0.6 is 0 Å². The lowest BCUT2D eigenvalue weighted by atomic mass is 9.87. The van der Waals surface area contributed by atoms with Crippen molar-refractivity contribution in [3.8, 4) is 0 Å². The molecule has 0 saturated carbocycles. The molecular weight excluding hydrogens is 1110 g/mol. The first-order valence-corrected chi connectivity index (χ1v) is 31.3. The molecule has 0 aromatic heterocycles. The number of rotatable bonds is 8. The van der Waals surface area contributed by atoms with Gasteiger partial charge in [-0.15, -0.1) is 0 Å². The molecule has 0 saturated heterocycles. The van der Waals surface area contributed by atoms with Crippen LogP contribution in [0.25, 0.3) is 91.2 Å². The Morgan fingerprint density at radius 1 is 0.130 bits per heavy atom. The molecule has 0 amide bonds. The van der Waals surface area contributed by atoms with Gasteiger partial charge in [0.15, 0.2) is 11.6 Å². The Morgan fingerprint density at radius 2 is 0.272 bits per heavy atom. The summed E-state index contributed by atoms with van der Waals surface area (Å²) in [4.78, 5) is 31.8. The van der Waals surface area contributed by atoms with Crippen molar-refractivity contribution in [1.82, 2.24) is 0 Å². The topological polar surface area (TPSA) is 34.1 Å². The second kappa shape index (κ2) is 25.2. The molecule has 9 aliphatic rings. The second-order valence-corrected chi connectivity index (χ2v) is 23.3. The van der Waals surface area contributed by atoms with Crippen LogP contribution in [0.5, 0.6) is 0 Å². The van der Waals surface area contributed by atoms with E-state index in [1.54, 1.807) is 0 Å². The quantitative estimate of drug-likeness (QED) is 0.152. The third kappa shape index (κ3) is 11.1. The first-order valence-electron chi connectivity index (χ1n) is 31.3. The standard InChI is InChI=1S/C90H60O2/c91-89-85-73-49-41-61(42-50-73)57-77(65-25-9-1-10-26-65)78(66-27-11-2-12-28-66)58-62-43-51-74(52-44-62)86-83(71-37-21-7-22-38-71)84(72-39-23-8-24-40-72)88(90(86)92)76-55-47-64(48-56-76)60-80(68-31-15-4-16-32-68)79(67-29-13-3-14-30-67)59-63-45-53-75(54-46-63)87(89)82(70-35-19-6-20-36-70)81(85)69-33-17-5-18-34-69/h1-60H/b61-57?,62-58?,63-59?,64-60?,77-57-,78-58-,78-77?,79-59-,80-60-,80-79?,85-73?,86-74?,87-75?,88-76?. The minimum Gasteiger partial charge on any atom is -0.289 e. The van der Waals surface area contributed by atoms with Crippen molar-refractivity contribution < 1.29 is 9.59 Å². The van der Waals surface area contributed by atoms with E-state index >= 15 is 9.59 Å². The lowest BCUT2D eigenvalue weighted by Gasteiger charge is -2.16. The van der Waals surface area contributed by atoms with Gasteiger partial charge in [-0.25, -0.2) is 0 Å². The molecule has 432 valence electrons. The van der Waals surface area contributed by atoms with Crippen molar-refractivity contribution >= 4 is 103 Å². The average Bonchev–Trinajstić information content (AvgIpc) is 1.59. The zero-order valence-electron chi connectivity index (χ0n) is 50.5. The summed E-state index contributed by atoms with van der Waals surface area (Å²) in [6.07, 6.45) is 9.02. The molecule has 21 rings (SSSR count). The van der Waals surface area contributed by atoms with Crippen LogP contribution in [0, 0.1) is 0 Å². The number of carbonyl (C=O) groups excluding carboxylic acids is 2. The van der Waals surface area contributed by atoms with Gasteiger partial charge in [-0.05, 0) is 136 Å². The molecule has 9 aliphatic carbocycles. The Balaban J connectivity index is 0.976. The summed E-state index contributed by atoms with van der Waals surface area (Å²) in [6.45, 7) is 0. The molecule has 0 N–H and O–H groups in total. The fraction of sp³-hybridized carbons (Fsp3) is 0. The first-order chi connectivity index (χ1) is 45.5. The summed E-state index contributed by atoms with van der Waals surface area (Å²) >= 11 is 0. The first kappa shape index (κ1) is 56.4. The minimum absolute atomic E-state index is 0.0259. The molecule has 2 nitrogen and oxygen atoms in total. The maximum atomic E-state index is 15.9. The minimum atomic E-state index is -0.0259. The Hall–Kier alpha value is -12.1. The van der Waals surface area contributed by atoms with E-state index in [9.17, 15) is 0 Å². The van der Waals surface area contributed by atoms with Gasteiger partial charge in [0.25, 0.3) is 0 Å². The molecule has 0 aliphatic heterocycles. The van der Waals surface area contributed by atoms with Gasteiger partial charge in [-0.3, -0.25) is 9.59 Å². The van der Waals surface area contributed by atoms with Gasteiger partial charge in [0.2, 0.25) is 0 Å². The van der Waals surface area contributed by atoms with Gasteiger partial charge in [-0.2, -0.15) is 0 Å². The Bertz CT molecular complexity index is 4370. The average molecular weight is 1170 g/mol. The van der Waals surface area contributed by atoms with E-state index in [1.165, 1.54) is 0 Å². The molecule has 2 heteroatoms. The second-order valence-electron chi connectivity index (χ2n) is 23.3. The largest absolute Gasteiger partial charge is 0.289 e.